The molecule has 3 heterocycles. The van der Waals surface area contributed by atoms with E-state index in [0.717, 1.165) is 59.5 Å². The number of carbonyl (C=O) groups excluding carboxylic acids is 1. The molecule has 1 amide bonds. The number of nitrogens with one attached hydrogen (secondary N) is 2. The molecule has 3 aliphatic rings. The van der Waals surface area contributed by atoms with Crippen LogP contribution in [-0.4, -0.2) is 35.9 Å². The number of dihydropyridines is 2. The number of hydrogen-bond donors (Lipinski definition) is 2. The van der Waals surface area contributed by atoms with Crippen molar-refractivity contribution in [2.75, 3.05) is 11.9 Å². The number of aliphatic imine (C=N–C) groups is 2. The monoisotopic (exact) mass is 531 g/mol. The minimum atomic E-state index is -0.170. The van der Waals surface area contributed by atoms with E-state index in [1.165, 1.54) is 11.1 Å². The van der Waals surface area contributed by atoms with Crippen LogP contribution in [-0.2, 0) is 0 Å². The summed E-state index contributed by atoms with van der Waals surface area (Å²) in [6.07, 6.45) is 19.2. The second-order valence-electron chi connectivity index (χ2n) is 10.7. The fourth-order valence-electron chi connectivity index (χ4n) is 5.37. The maximum atomic E-state index is 12.8. The first-order chi connectivity index (χ1) is 19.4. The molecule has 1 aliphatic carbocycles. The van der Waals surface area contributed by atoms with Gasteiger partial charge in [-0.2, -0.15) is 0 Å². The van der Waals surface area contributed by atoms with Crippen LogP contribution in [0.5, 0.6) is 0 Å². The van der Waals surface area contributed by atoms with Gasteiger partial charge in [0.2, 0.25) is 0 Å². The number of aryl methyl sites for hydroxylation is 1. The Balaban J connectivity index is 1.33. The molecule has 1 aromatic heterocycles. The van der Waals surface area contributed by atoms with Crippen molar-refractivity contribution in [1.82, 2.24) is 10.3 Å². The third-order valence-corrected chi connectivity index (χ3v) is 7.66. The number of hydrogen-bond acceptors (Lipinski definition) is 5. The maximum absolute atomic E-state index is 12.8. The zero-order chi connectivity index (χ0) is 28.1. The molecule has 1 aromatic carbocycles. The average molecular weight is 532 g/mol. The minimum absolute atomic E-state index is 0.0153. The third kappa shape index (κ3) is 6.28. The predicted molar refractivity (Wildman–Crippen MR) is 165 cm³/mol. The van der Waals surface area contributed by atoms with Gasteiger partial charge >= 0.3 is 0 Å². The van der Waals surface area contributed by atoms with E-state index in [-0.39, 0.29) is 18.0 Å². The minimum Gasteiger partial charge on any atom is -0.377 e. The second-order valence-corrected chi connectivity index (χ2v) is 10.7. The lowest BCUT2D eigenvalue weighted by molar-refractivity contribution is 0.102. The number of pyridine rings is 1. The van der Waals surface area contributed by atoms with E-state index < -0.39 is 0 Å². The summed E-state index contributed by atoms with van der Waals surface area (Å²) >= 11 is 0. The maximum Gasteiger partial charge on any atom is 0.257 e. The van der Waals surface area contributed by atoms with Gasteiger partial charge in [-0.3, -0.25) is 19.8 Å². The van der Waals surface area contributed by atoms with Crippen molar-refractivity contribution >= 4 is 24.0 Å². The van der Waals surface area contributed by atoms with E-state index in [2.05, 4.69) is 71.4 Å². The molecule has 0 radical (unpaired) electrons. The highest BCUT2D eigenvalue weighted by atomic mass is 16.1. The molecular weight excluding hydrogens is 494 g/mol. The van der Waals surface area contributed by atoms with Crippen molar-refractivity contribution in [3.63, 3.8) is 0 Å². The Morgan fingerprint density at radius 2 is 2.02 bits per heavy atom. The summed E-state index contributed by atoms with van der Waals surface area (Å²) in [5, 5.41) is 6.70. The molecule has 3 atom stereocenters. The van der Waals surface area contributed by atoms with Gasteiger partial charge in [0.15, 0.2) is 0 Å². The molecule has 2 unspecified atom stereocenters. The summed E-state index contributed by atoms with van der Waals surface area (Å²) in [6.45, 7) is 11.2. The Hall–Kier alpha value is -4.32. The van der Waals surface area contributed by atoms with Gasteiger partial charge in [0, 0.05) is 49.0 Å². The lowest BCUT2D eigenvalue weighted by Gasteiger charge is -2.27. The predicted octanol–water partition coefficient (Wildman–Crippen LogP) is 6.87. The van der Waals surface area contributed by atoms with E-state index in [4.69, 9.17) is 4.99 Å². The molecule has 2 aromatic rings. The van der Waals surface area contributed by atoms with E-state index in [1.54, 1.807) is 12.4 Å². The smallest absolute Gasteiger partial charge is 0.257 e. The molecule has 204 valence electrons. The first-order valence-corrected chi connectivity index (χ1v) is 14.1. The highest BCUT2D eigenvalue weighted by Gasteiger charge is 2.22. The Kier molecular flexibility index (Phi) is 8.34. The summed E-state index contributed by atoms with van der Waals surface area (Å²) in [6, 6.07) is 10.0. The van der Waals surface area contributed by atoms with Crippen LogP contribution in [0, 0.1) is 12.8 Å². The molecule has 6 nitrogen and oxygen atoms in total. The SMILES string of the molecule is C=C1C=C(C2=C/CCC3CN=CC(N[C@@H](C)c4cccc(NC(=O)c5cncc(C)c5)c4)=C3/C=C\2)C=NC1CC. The Morgan fingerprint density at radius 3 is 2.83 bits per heavy atom. The second kappa shape index (κ2) is 12.2. The fourth-order valence-corrected chi connectivity index (χ4v) is 5.37. The van der Waals surface area contributed by atoms with Gasteiger partial charge < -0.3 is 10.6 Å². The highest BCUT2D eigenvalue weighted by Crippen LogP contribution is 2.31. The van der Waals surface area contributed by atoms with Crippen molar-refractivity contribution in [3.8, 4) is 0 Å². The zero-order valence-corrected chi connectivity index (χ0v) is 23.5. The van der Waals surface area contributed by atoms with E-state index in [1.807, 2.05) is 43.6 Å². The summed E-state index contributed by atoms with van der Waals surface area (Å²) in [5.41, 5.74) is 9.03. The number of benzene rings is 1. The molecule has 2 N–H and O–H groups in total. The zero-order valence-electron chi connectivity index (χ0n) is 23.5. The molecule has 0 saturated heterocycles. The van der Waals surface area contributed by atoms with Gasteiger partial charge in [-0.25, -0.2) is 0 Å². The topological polar surface area (TPSA) is 78.7 Å². The van der Waals surface area contributed by atoms with Crippen molar-refractivity contribution in [2.45, 2.75) is 52.1 Å². The molecule has 6 heteroatoms. The summed E-state index contributed by atoms with van der Waals surface area (Å²) in [5.74, 6) is 0.201. The van der Waals surface area contributed by atoms with Crippen LogP contribution in [0.1, 0.15) is 60.6 Å². The summed E-state index contributed by atoms with van der Waals surface area (Å²) < 4.78 is 0. The Morgan fingerprint density at radius 1 is 1.15 bits per heavy atom. The number of nitrogens with zero attached hydrogens (tertiary/aromatic N) is 3. The summed E-state index contributed by atoms with van der Waals surface area (Å²) in [7, 11) is 0. The van der Waals surface area contributed by atoms with Crippen molar-refractivity contribution in [2.24, 2.45) is 15.9 Å². The van der Waals surface area contributed by atoms with Crippen molar-refractivity contribution in [1.29, 1.82) is 0 Å². The highest BCUT2D eigenvalue weighted by molar-refractivity contribution is 6.04. The van der Waals surface area contributed by atoms with Gasteiger partial charge in [-0.05, 0) is 90.8 Å². The molecule has 0 fully saturated rings. The number of carbonyl (C=O) groups is 1. The van der Waals surface area contributed by atoms with Crippen LogP contribution in [0.2, 0.25) is 0 Å². The molecular formula is C34H37N5O. The van der Waals surface area contributed by atoms with Gasteiger partial charge in [-0.15, -0.1) is 0 Å². The normalized spacial score (nSPS) is 23.2. The number of anilines is 1. The number of allylic oxidation sites excluding steroid dienone is 6. The molecule has 2 aliphatic heterocycles. The Bertz CT molecular complexity index is 1490. The average Bonchev–Trinajstić information content (AvgIpc) is 2.94. The standard InChI is InChI=1S/C34H37N5O/c1-5-32-23(3)15-28(20-37-32)25-8-6-10-27-18-36-21-33(31(27)13-12-25)38-24(4)26-9-7-11-30(16-26)39-34(40)29-14-22(2)17-35-19-29/h7-9,11-17,19-21,24,27,32,38H,3,5-6,10,18H2,1-2,4H3,(H,39,40)/b13-12-,25-8+/t24-,27?,32?/m0/s1. The molecule has 40 heavy (non-hydrogen) atoms. The van der Waals surface area contributed by atoms with Crippen molar-refractivity contribution in [3.05, 3.63) is 118 Å². The van der Waals surface area contributed by atoms with Gasteiger partial charge in [0.05, 0.1) is 17.3 Å². The quantitative estimate of drug-likeness (QED) is 0.409. The van der Waals surface area contributed by atoms with E-state index >= 15 is 0 Å². The molecule has 5 rings (SSSR count). The Labute approximate surface area is 237 Å². The van der Waals surface area contributed by atoms with E-state index in [9.17, 15) is 4.79 Å². The number of fused-ring (bicyclic) bond motifs is 1. The molecule has 0 spiro atoms. The number of rotatable bonds is 7. The van der Waals surface area contributed by atoms with Crippen LogP contribution in [0.3, 0.4) is 0 Å². The first kappa shape index (κ1) is 27.3. The summed E-state index contributed by atoms with van der Waals surface area (Å²) in [4.78, 5) is 26.3. The molecule has 0 bridgehead atoms. The largest absolute Gasteiger partial charge is 0.377 e. The lowest BCUT2D eigenvalue weighted by Crippen LogP contribution is -2.26. The number of aromatic nitrogens is 1. The number of amides is 1. The van der Waals surface area contributed by atoms with Crippen LogP contribution in [0.4, 0.5) is 5.69 Å². The van der Waals surface area contributed by atoms with E-state index in [0.29, 0.717) is 11.5 Å². The van der Waals surface area contributed by atoms with Crippen LogP contribution < -0.4 is 10.6 Å². The lowest BCUT2D eigenvalue weighted by atomic mass is 9.86. The first-order valence-electron chi connectivity index (χ1n) is 14.1. The van der Waals surface area contributed by atoms with Gasteiger partial charge in [-0.1, -0.05) is 43.9 Å². The van der Waals surface area contributed by atoms with Gasteiger partial charge in [0.1, 0.15) is 0 Å². The van der Waals surface area contributed by atoms with Crippen molar-refractivity contribution < 1.29 is 4.79 Å². The third-order valence-electron chi connectivity index (χ3n) is 7.66. The fraction of sp³-hybridized carbons (Fsp3) is 0.294. The van der Waals surface area contributed by atoms with Crippen LogP contribution in [0.25, 0.3) is 0 Å². The van der Waals surface area contributed by atoms with Gasteiger partial charge in [0.25, 0.3) is 5.91 Å². The van der Waals surface area contributed by atoms with Crippen LogP contribution in [0.15, 0.2) is 112 Å². The van der Waals surface area contributed by atoms with Crippen LogP contribution >= 0.6 is 0 Å². The molecule has 0 saturated carbocycles.